The number of nitrogens with zero attached hydrogens (tertiary/aromatic N) is 2. The molecule has 4 rings (SSSR count). The van der Waals surface area contributed by atoms with E-state index in [1.807, 2.05) is 18.2 Å². The summed E-state index contributed by atoms with van der Waals surface area (Å²) < 4.78 is 16.8. The van der Waals surface area contributed by atoms with Gasteiger partial charge in [0, 0.05) is 37.1 Å². The number of methoxy groups -OCH3 is 1. The number of nitrogens with one attached hydrogen (secondary N) is 1. The number of ether oxygens (including phenoxy) is 3. The van der Waals surface area contributed by atoms with Crippen molar-refractivity contribution in [2.45, 2.75) is 18.9 Å². The number of morpholine rings is 1. The fraction of sp³-hybridized carbons (Fsp3) is 0.526. The molecule has 1 aliphatic heterocycles. The molecule has 0 radical (unpaired) electrons. The zero-order valence-electron chi connectivity index (χ0n) is 15.0. The van der Waals surface area contributed by atoms with Gasteiger partial charge >= 0.3 is 0 Å². The topological polar surface area (TPSA) is 55.8 Å². The quantitative estimate of drug-likeness (QED) is 0.799. The van der Waals surface area contributed by atoms with Crippen LogP contribution in [0.3, 0.4) is 0 Å². The van der Waals surface area contributed by atoms with Crippen LogP contribution < -0.4 is 14.8 Å². The Hall–Kier alpha value is -1.76. The highest BCUT2D eigenvalue weighted by Gasteiger charge is 2.22. The Kier molecular flexibility index (Phi) is 5.33. The van der Waals surface area contributed by atoms with Gasteiger partial charge in [0.25, 0.3) is 0 Å². The van der Waals surface area contributed by atoms with Crippen molar-refractivity contribution in [3.63, 3.8) is 0 Å². The minimum atomic E-state index is 0.511. The van der Waals surface area contributed by atoms with E-state index in [2.05, 4.69) is 10.2 Å². The summed E-state index contributed by atoms with van der Waals surface area (Å²) in [5.74, 6) is 2.22. The molecule has 1 N–H and O–H groups in total. The molecule has 1 saturated carbocycles. The van der Waals surface area contributed by atoms with Crippen molar-refractivity contribution >= 4 is 28.3 Å². The van der Waals surface area contributed by atoms with Crippen LogP contribution in [0.4, 0.5) is 5.82 Å². The Morgan fingerprint density at radius 1 is 1.27 bits per heavy atom. The van der Waals surface area contributed by atoms with E-state index in [1.165, 1.54) is 12.8 Å². The molecule has 1 aromatic heterocycles. The van der Waals surface area contributed by atoms with Gasteiger partial charge in [-0.1, -0.05) is 11.6 Å². The Bertz CT molecular complexity index is 776. The molecule has 26 heavy (non-hydrogen) atoms. The van der Waals surface area contributed by atoms with E-state index in [-0.39, 0.29) is 0 Å². The van der Waals surface area contributed by atoms with Crippen LogP contribution in [0.5, 0.6) is 11.5 Å². The largest absolute Gasteiger partial charge is 0.496 e. The third kappa shape index (κ3) is 3.98. The van der Waals surface area contributed by atoms with Crippen molar-refractivity contribution in [3.05, 3.63) is 23.2 Å². The zero-order valence-corrected chi connectivity index (χ0v) is 15.7. The Morgan fingerprint density at radius 3 is 2.81 bits per heavy atom. The van der Waals surface area contributed by atoms with Gasteiger partial charge in [0.2, 0.25) is 0 Å². The number of fused-ring (bicyclic) bond motifs is 1. The summed E-state index contributed by atoms with van der Waals surface area (Å²) in [4.78, 5) is 7.02. The van der Waals surface area contributed by atoms with E-state index in [0.29, 0.717) is 28.9 Å². The summed E-state index contributed by atoms with van der Waals surface area (Å²) in [7, 11) is 1.66. The highest BCUT2D eigenvalue weighted by Crippen LogP contribution is 2.38. The van der Waals surface area contributed by atoms with Gasteiger partial charge in [-0.15, -0.1) is 0 Å². The summed E-state index contributed by atoms with van der Waals surface area (Å²) >= 11 is 6.61. The van der Waals surface area contributed by atoms with Crippen LogP contribution in [0, 0.1) is 0 Å². The summed E-state index contributed by atoms with van der Waals surface area (Å²) in [6, 6.07) is 6.28. The lowest BCUT2D eigenvalue weighted by atomic mass is 10.2. The second-order valence-electron chi connectivity index (χ2n) is 6.70. The van der Waals surface area contributed by atoms with Crippen LogP contribution in [0.1, 0.15) is 12.8 Å². The van der Waals surface area contributed by atoms with E-state index >= 15 is 0 Å². The van der Waals surface area contributed by atoms with Crippen molar-refractivity contribution in [2.24, 2.45) is 0 Å². The first-order valence-corrected chi connectivity index (χ1v) is 9.49. The van der Waals surface area contributed by atoms with Crippen LogP contribution in [0.15, 0.2) is 18.2 Å². The van der Waals surface area contributed by atoms with Crippen LogP contribution in [0.25, 0.3) is 10.9 Å². The van der Waals surface area contributed by atoms with Crippen LogP contribution in [-0.2, 0) is 4.74 Å². The second kappa shape index (κ2) is 7.86. The molecule has 0 amide bonds. The van der Waals surface area contributed by atoms with Gasteiger partial charge in [-0.3, -0.25) is 4.90 Å². The molecule has 7 heteroatoms. The Balaban J connectivity index is 1.52. The number of anilines is 1. The second-order valence-corrected chi connectivity index (χ2v) is 7.08. The Morgan fingerprint density at radius 2 is 2.08 bits per heavy atom. The molecular weight excluding hydrogens is 354 g/mol. The lowest BCUT2D eigenvalue weighted by molar-refractivity contribution is 0.0322. The van der Waals surface area contributed by atoms with Crippen LogP contribution in [-0.4, -0.2) is 62.5 Å². The first kappa shape index (κ1) is 17.6. The van der Waals surface area contributed by atoms with E-state index in [1.54, 1.807) is 7.11 Å². The average Bonchev–Trinajstić information content (AvgIpc) is 3.48. The lowest BCUT2D eigenvalue weighted by Crippen LogP contribution is -2.38. The maximum absolute atomic E-state index is 6.61. The molecule has 2 heterocycles. The predicted molar refractivity (Wildman–Crippen MR) is 103 cm³/mol. The Labute approximate surface area is 158 Å². The molecule has 2 aliphatic rings. The highest BCUT2D eigenvalue weighted by atomic mass is 35.5. The molecule has 0 atom stereocenters. The predicted octanol–water partition coefficient (Wildman–Crippen LogP) is 3.18. The van der Waals surface area contributed by atoms with Gasteiger partial charge in [0.05, 0.1) is 25.8 Å². The number of hydrogen-bond donors (Lipinski definition) is 1. The molecule has 2 fully saturated rings. The summed E-state index contributed by atoms with van der Waals surface area (Å²) in [5.41, 5.74) is 0.707. The molecule has 140 valence electrons. The molecule has 2 aromatic rings. The first-order valence-electron chi connectivity index (χ1n) is 9.11. The lowest BCUT2D eigenvalue weighted by Gasteiger charge is -2.26. The molecule has 6 nitrogen and oxygen atoms in total. The number of aromatic nitrogens is 1. The van der Waals surface area contributed by atoms with Crippen LogP contribution >= 0.6 is 11.6 Å². The minimum absolute atomic E-state index is 0.511. The third-order valence-corrected chi connectivity index (χ3v) is 5.13. The fourth-order valence-corrected chi connectivity index (χ4v) is 3.37. The molecule has 1 saturated heterocycles. The number of benzene rings is 1. The van der Waals surface area contributed by atoms with Gasteiger partial charge in [-0.2, -0.15) is 0 Å². The van der Waals surface area contributed by atoms with Gasteiger partial charge in [-0.05, 0) is 25.0 Å². The van der Waals surface area contributed by atoms with Crippen LogP contribution in [0.2, 0.25) is 5.02 Å². The van der Waals surface area contributed by atoms with Gasteiger partial charge in [0.15, 0.2) is 0 Å². The molecule has 0 unspecified atom stereocenters. The normalized spacial score (nSPS) is 18.1. The first-order chi connectivity index (χ1) is 12.7. The standard InChI is InChI=1S/C19H24ClN3O3/c1-24-16-12-17(21-13-2-3-13)22-19-14(16)4-5-15(18(19)20)26-11-8-23-6-9-25-10-7-23/h4-5,12-13H,2-3,6-11H2,1H3,(H,21,22). The van der Waals surface area contributed by atoms with E-state index in [9.17, 15) is 0 Å². The molecular formula is C19H24ClN3O3. The van der Waals surface area contributed by atoms with Gasteiger partial charge in [0.1, 0.15) is 28.9 Å². The number of hydrogen-bond acceptors (Lipinski definition) is 6. The van der Waals surface area contributed by atoms with Crippen molar-refractivity contribution in [3.8, 4) is 11.5 Å². The SMILES string of the molecule is COc1cc(NC2CC2)nc2c(Cl)c(OCCN3CCOCC3)ccc12. The van der Waals surface area contributed by atoms with Crippen molar-refractivity contribution < 1.29 is 14.2 Å². The molecule has 0 spiro atoms. The summed E-state index contributed by atoms with van der Waals surface area (Å²) in [6.45, 7) is 4.92. The summed E-state index contributed by atoms with van der Waals surface area (Å²) in [6.07, 6.45) is 2.36. The number of halogens is 1. The number of pyridine rings is 1. The average molecular weight is 378 g/mol. The monoisotopic (exact) mass is 377 g/mol. The highest BCUT2D eigenvalue weighted by molar-refractivity contribution is 6.36. The number of rotatable bonds is 7. The fourth-order valence-electron chi connectivity index (χ4n) is 3.11. The van der Waals surface area contributed by atoms with Crippen molar-refractivity contribution in [2.75, 3.05) is 51.9 Å². The molecule has 0 bridgehead atoms. The van der Waals surface area contributed by atoms with E-state index < -0.39 is 0 Å². The minimum Gasteiger partial charge on any atom is -0.496 e. The molecule has 1 aliphatic carbocycles. The smallest absolute Gasteiger partial charge is 0.140 e. The van der Waals surface area contributed by atoms with Gasteiger partial charge < -0.3 is 19.5 Å². The molecule has 1 aromatic carbocycles. The summed E-state index contributed by atoms with van der Waals surface area (Å²) in [5, 5.41) is 4.82. The van der Waals surface area contributed by atoms with Crippen molar-refractivity contribution in [1.29, 1.82) is 0 Å². The third-order valence-electron chi connectivity index (χ3n) is 4.76. The van der Waals surface area contributed by atoms with E-state index in [4.69, 9.17) is 30.8 Å². The van der Waals surface area contributed by atoms with Crippen molar-refractivity contribution in [1.82, 2.24) is 9.88 Å². The van der Waals surface area contributed by atoms with E-state index in [0.717, 1.165) is 49.8 Å². The maximum Gasteiger partial charge on any atom is 0.140 e. The van der Waals surface area contributed by atoms with Gasteiger partial charge in [-0.25, -0.2) is 4.98 Å². The zero-order chi connectivity index (χ0) is 17.9. The maximum atomic E-state index is 6.61.